The van der Waals surface area contributed by atoms with Gasteiger partial charge in [0.15, 0.2) is 0 Å². The van der Waals surface area contributed by atoms with Crippen LogP contribution in [0.2, 0.25) is 0 Å². The van der Waals surface area contributed by atoms with E-state index < -0.39 is 16.0 Å². The Balaban J connectivity index is 1.61. The molecule has 1 N–H and O–H groups in total. The summed E-state index contributed by atoms with van der Waals surface area (Å²) >= 11 is 0. The molecule has 0 bridgehead atoms. The summed E-state index contributed by atoms with van der Waals surface area (Å²) in [5, 5.41) is 9.56. The number of aryl methyl sites for hydroxylation is 1. The molecule has 1 saturated heterocycles. The second kappa shape index (κ2) is 9.27. The lowest BCUT2D eigenvalue weighted by atomic mass is 10.2. The zero-order valence-corrected chi connectivity index (χ0v) is 18.5. The van der Waals surface area contributed by atoms with Gasteiger partial charge in [0.25, 0.3) is 0 Å². The molecule has 0 spiro atoms. The largest absolute Gasteiger partial charge is 0.508 e. The third kappa shape index (κ3) is 4.47. The predicted octanol–water partition coefficient (Wildman–Crippen LogP) is 2.53. The number of morpholine rings is 1. The third-order valence-corrected chi connectivity index (χ3v) is 7.16. The number of hydrogen-bond acceptors (Lipinski definition) is 7. The first kappa shape index (κ1) is 22.3. The summed E-state index contributed by atoms with van der Waals surface area (Å²) in [5.41, 5.74) is 1.54. The maximum atomic E-state index is 13.0. The highest BCUT2D eigenvalue weighted by Crippen LogP contribution is 2.24. The number of imidazole rings is 1. The fourth-order valence-corrected chi connectivity index (χ4v) is 5.11. The van der Waals surface area contributed by atoms with E-state index in [1.54, 1.807) is 30.3 Å². The second-order valence-electron chi connectivity index (χ2n) is 7.47. The standard InChI is InChI=1S/C22H25N3O6S/c1-2-8-25-20-7-6-18(32(28,29)24-9-11-30-12-10-24)14-19(20)23-21(25)15-31-22(27)16-4-3-5-17(26)13-16/h3-7,13-14,26H,2,8-12,15H2,1H3. The molecule has 1 aliphatic rings. The Hall–Kier alpha value is -2.95. The van der Waals surface area contributed by atoms with E-state index in [1.807, 2.05) is 11.5 Å². The first-order valence-electron chi connectivity index (χ1n) is 10.4. The summed E-state index contributed by atoms with van der Waals surface area (Å²) in [6, 6.07) is 10.8. The molecule has 2 aromatic carbocycles. The Bertz CT molecular complexity index is 1230. The lowest BCUT2D eigenvalue weighted by Gasteiger charge is -2.26. The predicted molar refractivity (Wildman–Crippen MR) is 117 cm³/mol. The topological polar surface area (TPSA) is 111 Å². The zero-order valence-electron chi connectivity index (χ0n) is 17.7. The molecular weight excluding hydrogens is 434 g/mol. The molecule has 0 radical (unpaired) electrons. The molecule has 0 unspecified atom stereocenters. The molecule has 0 aliphatic carbocycles. The van der Waals surface area contributed by atoms with Gasteiger partial charge in [-0.05, 0) is 42.8 Å². The number of aromatic hydroxyl groups is 1. The Morgan fingerprint density at radius 1 is 1.19 bits per heavy atom. The lowest BCUT2D eigenvalue weighted by Crippen LogP contribution is -2.40. The van der Waals surface area contributed by atoms with E-state index in [9.17, 15) is 18.3 Å². The van der Waals surface area contributed by atoms with Gasteiger partial charge in [-0.25, -0.2) is 18.2 Å². The molecule has 0 saturated carbocycles. The average molecular weight is 460 g/mol. The van der Waals surface area contributed by atoms with Crippen LogP contribution < -0.4 is 0 Å². The Morgan fingerprint density at radius 2 is 1.97 bits per heavy atom. The van der Waals surface area contributed by atoms with Gasteiger partial charge in [-0.2, -0.15) is 4.31 Å². The fourth-order valence-electron chi connectivity index (χ4n) is 3.69. The number of esters is 1. The van der Waals surface area contributed by atoms with Gasteiger partial charge in [-0.1, -0.05) is 13.0 Å². The van der Waals surface area contributed by atoms with Crippen molar-refractivity contribution in [1.82, 2.24) is 13.9 Å². The number of rotatable bonds is 7. The van der Waals surface area contributed by atoms with Crippen molar-refractivity contribution < 1.29 is 27.8 Å². The van der Waals surface area contributed by atoms with Crippen LogP contribution in [0.5, 0.6) is 5.75 Å². The van der Waals surface area contributed by atoms with Crippen molar-refractivity contribution in [2.75, 3.05) is 26.3 Å². The molecule has 4 rings (SSSR count). The highest BCUT2D eigenvalue weighted by atomic mass is 32.2. The van der Waals surface area contributed by atoms with E-state index in [0.29, 0.717) is 44.2 Å². The van der Waals surface area contributed by atoms with Crippen LogP contribution in [0.1, 0.15) is 29.5 Å². The Kier molecular flexibility index (Phi) is 6.45. The number of ether oxygens (including phenoxy) is 2. The highest BCUT2D eigenvalue weighted by molar-refractivity contribution is 7.89. The van der Waals surface area contributed by atoms with Gasteiger partial charge in [0.05, 0.1) is 34.7 Å². The SMILES string of the molecule is CCCn1c(COC(=O)c2cccc(O)c2)nc2cc(S(=O)(=O)N3CCOCC3)ccc21. The molecule has 1 fully saturated rings. The van der Waals surface area contributed by atoms with Gasteiger partial charge in [0, 0.05) is 19.6 Å². The van der Waals surface area contributed by atoms with Gasteiger partial charge in [-0.15, -0.1) is 0 Å². The van der Waals surface area contributed by atoms with Crippen molar-refractivity contribution in [3.63, 3.8) is 0 Å². The first-order chi connectivity index (χ1) is 15.4. The number of carbonyl (C=O) groups excluding carboxylic acids is 1. The summed E-state index contributed by atoms with van der Waals surface area (Å²) in [5.74, 6) is -0.0745. The van der Waals surface area contributed by atoms with Gasteiger partial charge in [-0.3, -0.25) is 0 Å². The number of nitrogens with zero attached hydrogens (tertiary/aromatic N) is 3. The van der Waals surface area contributed by atoms with Gasteiger partial charge < -0.3 is 19.1 Å². The van der Waals surface area contributed by atoms with E-state index in [4.69, 9.17) is 9.47 Å². The van der Waals surface area contributed by atoms with Crippen molar-refractivity contribution in [1.29, 1.82) is 0 Å². The molecule has 1 aromatic heterocycles. The molecule has 0 amide bonds. The second-order valence-corrected chi connectivity index (χ2v) is 9.41. The van der Waals surface area contributed by atoms with Crippen LogP contribution in [0.25, 0.3) is 11.0 Å². The highest BCUT2D eigenvalue weighted by Gasteiger charge is 2.27. The monoisotopic (exact) mass is 459 g/mol. The van der Waals surface area contributed by atoms with Gasteiger partial charge in [0.1, 0.15) is 18.2 Å². The van der Waals surface area contributed by atoms with Crippen LogP contribution in [0.4, 0.5) is 0 Å². The maximum Gasteiger partial charge on any atom is 0.338 e. The summed E-state index contributed by atoms with van der Waals surface area (Å²) in [6.07, 6.45) is 0.826. The average Bonchev–Trinajstić information content (AvgIpc) is 3.15. The van der Waals surface area contributed by atoms with E-state index in [0.717, 1.165) is 11.9 Å². The zero-order chi connectivity index (χ0) is 22.7. The lowest BCUT2D eigenvalue weighted by molar-refractivity contribution is 0.0458. The number of carbonyl (C=O) groups is 1. The van der Waals surface area contributed by atoms with E-state index in [2.05, 4.69) is 4.98 Å². The Morgan fingerprint density at radius 3 is 2.69 bits per heavy atom. The first-order valence-corrected chi connectivity index (χ1v) is 11.9. The van der Waals surface area contributed by atoms with E-state index in [1.165, 1.54) is 16.4 Å². The van der Waals surface area contributed by atoms with Crippen LogP contribution in [0.15, 0.2) is 47.4 Å². The van der Waals surface area contributed by atoms with Crippen LogP contribution >= 0.6 is 0 Å². The minimum Gasteiger partial charge on any atom is -0.508 e. The van der Waals surface area contributed by atoms with E-state index >= 15 is 0 Å². The number of benzene rings is 2. The molecule has 32 heavy (non-hydrogen) atoms. The van der Waals surface area contributed by atoms with Gasteiger partial charge >= 0.3 is 5.97 Å². The number of aromatic nitrogens is 2. The fraction of sp³-hybridized carbons (Fsp3) is 0.364. The Labute approximate surface area is 186 Å². The quantitative estimate of drug-likeness (QED) is 0.541. The van der Waals surface area contributed by atoms with Crippen molar-refractivity contribution in [3.8, 4) is 5.75 Å². The van der Waals surface area contributed by atoms with E-state index in [-0.39, 0.29) is 22.8 Å². The van der Waals surface area contributed by atoms with Crippen molar-refractivity contribution >= 4 is 27.0 Å². The summed E-state index contributed by atoms with van der Waals surface area (Å²) in [7, 11) is -3.64. The number of sulfonamides is 1. The van der Waals surface area contributed by atoms with Gasteiger partial charge in [0.2, 0.25) is 10.0 Å². The number of phenolic OH excluding ortho intramolecular Hbond substituents is 1. The molecule has 9 nitrogen and oxygen atoms in total. The molecule has 1 aliphatic heterocycles. The van der Waals surface area contributed by atoms with Crippen LogP contribution in [-0.4, -0.2) is 59.7 Å². The number of phenols is 1. The smallest absolute Gasteiger partial charge is 0.338 e. The van der Waals surface area contributed by atoms with Crippen molar-refractivity contribution in [2.45, 2.75) is 31.4 Å². The minimum atomic E-state index is -3.64. The molecule has 170 valence electrons. The normalized spacial score (nSPS) is 15.2. The van der Waals surface area contributed by atoms with Crippen LogP contribution in [-0.2, 0) is 32.6 Å². The number of hydrogen-bond donors (Lipinski definition) is 1. The minimum absolute atomic E-state index is 0.0216. The molecule has 2 heterocycles. The van der Waals surface area contributed by atoms with Crippen LogP contribution in [0, 0.1) is 0 Å². The van der Waals surface area contributed by atoms with Crippen molar-refractivity contribution in [3.05, 3.63) is 53.9 Å². The molecule has 0 atom stereocenters. The summed E-state index contributed by atoms with van der Waals surface area (Å²) in [6.45, 7) is 3.98. The third-order valence-electron chi connectivity index (χ3n) is 5.27. The summed E-state index contributed by atoms with van der Waals surface area (Å²) < 4.78 is 40.0. The van der Waals surface area contributed by atoms with Crippen LogP contribution in [0.3, 0.4) is 0 Å². The molecule has 10 heteroatoms. The maximum absolute atomic E-state index is 13.0. The number of fused-ring (bicyclic) bond motifs is 1. The molecule has 3 aromatic rings. The van der Waals surface area contributed by atoms with Crippen molar-refractivity contribution in [2.24, 2.45) is 0 Å². The summed E-state index contributed by atoms with van der Waals surface area (Å²) in [4.78, 5) is 17.1. The molecular formula is C22H25N3O6S.